The Morgan fingerprint density at radius 2 is 2.06 bits per heavy atom. The average molecular weight is 217 g/mol. The molecule has 0 unspecified atom stereocenters. The Morgan fingerprint density at radius 1 is 1.31 bits per heavy atom. The molecule has 0 bridgehead atoms. The van der Waals surface area contributed by atoms with Crippen LogP contribution in [0.5, 0.6) is 0 Å². The lowest BCUT2D eigenvalue weighted by Gasteiger charge is -2.20. The van der Waals surface area contributed by atoms with Crippen LogP contribution in [0.4, 0.5) is 5.69 Å². The quantitative estimate of drug-likeness (QED) is 0.785. The Hall–Kier alpha value is -1.64. The van der Waals surface area contributed by atoms with Crippen molar-refractivity contribution in [2.75, 3.05) is 5.32 Å². The van der Waals surface area contributed by atoms with Crippen LogP contribution >= 0.6 is 0 Å². The molecule has 0 radical (unpaired) electrons. The van der Waals surface area contributed by atoms with Crippen molar-refractivity contribution >= 4 is 17.4 Å². The van der Waals surface area contributed by atoms with Gasteiger partial charge in [-0.05, 0) is 37.0 Å². The maximum Gasteiger partial charge on any atom is 0.221 e. The van der Waals surface area contributed by atoms with Gasteiger partial charge >= 0.3 is 0 Å². The van der Waals surface area contributed by atoms with E-state index in [1.807, 2.05) is 19.1 Å². The first kappa shape index (κ1) is 10.9. The lowest BCUT2D eigenvalue weighted by molar-refractivity contribution is -0.114. The number of Topliss-reactive ketones (excluding diaryl/α,β-unsaturated/α-hetero) is 1. The van der Waals surface area contributed by atoms with E-state index >= 15 is 0 Å². The number of aryl methyl sites for hydroxylation is 1. The molecule has 1 aliphatic carbocycles. The molecule has 0 heterocycles. The lowest BCUT2D eigenvalue weighted by atomic mass is 9.86. The van der Waals surface area contributed by atoms with Crippen LogP contribution < -0.4 is 5.32 Å². The number of rotatable bonds is 1. The normalized spacial score (nSPS) is 14.5. The van der Waals surface area contributed by atoms with Gasteiger partial charge in [-0.3, -0.25) is 9.59 Å². The molecule has 3 heteroatoms. The van der Waals surface area contributed by atoms with Crippen LogP contribution in [0.1, 0.15) is 41.3 Å². The minimum atomic E-state index is -0.135. The standard InChI is InChI=1S/C13H15NO2/c1-8-6-7-11(14-9(2)15)13-10(8)4-3-5-12(13)16/h6-7H,3-5H2,1-2H3,(H,14,15). The maximum absolute atomic E-state index is 11.9. The average Bonchev–Trinajstić information content (AvgIpc) is 2.22. The van der Waals surface area contributed by atoms with Crippen molar-refractivity contribution in [3.05, 3.63) is 28.8 Å². The van der Waals surface area contributed by atoms with Gasteiger partial charge in [0.05, 0.1) is 5.69 Å². The molecule has 1 aromatic carbocycles. The summed E-state index contributed by atoms with van der Waals surface area (Å²) in [6.45, 7) is 3.47. The lowest BCUT2D eigenvalue weighted by Crippen LogP contribution is -2.17. The highest BCUT2D eigenvalue weighted by atomic mass is 16.1. The molecule has 0 fully saturated rings. The highest BCUT2D eigenvalue weighted by Gasteiger charge is 2.22. The molecule has 0 aliphatic heterocycles. The van der Waals surface area contributed by atoms with E-state index < -0.39 is 0 Å². The van der Waals surface area contributed by atoms with Crippen molar-refractivity contribution in [3.8, 4) is 0 Å². The SMILES string of the molecule is CC(=O)Nc1ccc(C)c2c1C(=O)CCC2. The summed E-state index contributed by atoms with van der Waals surface area (Å²) >= 11 is 0. The molecule has 1 aliphatic rings. The van der Waals surface area contributed by atoms with Gasteiger partial charge in [-0.25, -0.2) is 0 Å². The molecule has 0 atom stereocenters. The third-order valence-electron chi connectivity index (χ3n) is 2.97. The van der Waals surface area contributed by atoms with Gasteiger partial charge in [0.15, 0.2) is 5.78 Å². The summed E-state index contributed by atoms with van der Waals surface area (Å²) in [5.41, 5.74) is 3.62. The van der Waals surface area contributed by atoms with E-state index in [4.69, 9.17) is 0 Å². The van der Waals surface area contributed by atoms with Crippen LogP contribution in [-0.2, 0) is 11.2 Å². The van der Waals surface area contributed by atoms with E-state index in [2.05, 4.69) is 5.32 Å². The largest absolute Gasteiger partial charge is 0.326 e. The third-order valence-corrected chi connectivity index (χ3v) is 2.97. The number of hydrogen-bond acceptors (Lipinski definition) is 2. The summed E-state index contributed by atoms with van der Waals surface area (Å²) in [5, 5.41) is 2.73. The molecule has 0 spiro atoms. The monoisotopic (exact) mass is 217 g/mol. The van der Waals surface area contributed by atoms with Gasteiger partial charge in [-0.2, -0.15) is 0 Å². The fraction of sp³-hybridized carbons (Fsp3) is 0.385. The Kier molecular flexibility index (Phi) is 2.77. The van der Waals surface area contributed by atoms with Crippen molar-refractivity contribution in [1.29, 1.82) is 0 Å². The molecule has 84 valence electrons. The minimum Gasteiger partial charge on any atom is -0.326 e. The van der Waals surface area contributed by atoms with Crippen LogP contribution in [0.25, 0.3) is 0 Å². The smallest absolute Gasteiger partial charge is 0.221 e. The Morgan fingerprint density at radius 3 is 2.75 bits per heavy atom. The van der Waals surface area contributed by atoms with Crippen molar-refractivity contribution in [2.45, 2.75) is 33.1 Å². The summed E-state index contributed by atoms with van der Waals surface area (Å²) in [5.74, 6) is 0.0122. The van der Waals surface area contributed by atoms with Crippen molar-refractivity contribution in [3.63, 3.8) is 0 Å². The molecule has 2 rings (SSSR count). The number of nitrogens with one attached hydrogen (secondary N) is 1. The zero-order valence-electron chi connectivity index (χ0n) is 9.59. The molecule has 0 aromatic heterocycles. The zero-order chi connectivity index (χ0) is 11.7. The molecule has 0 saturated heterocycles. The minimum absolute atomic E-state index is 0.135. The molecule has 1 N–H and O–H groups in total. The molecule has 1 aromatic rings. The maximum atomic E-state index is 11.9. The molecular formula is C13H15NO2. The van der Waals surface area contributed by atoms with Crippen LogP contribution in [0.3, 0.4) is 0 Å². The van der Waals surface area contributed by atoms with E-state index in [1.165, 1.54) is 6.92 Å². The predicted molar refractivity (Wildman–Crippen MR) is 62.8 cm³/mol. The number of carbonyl (C=O) groups excluding carboxylic acids is 2. The summed E-state index contributed by atoms with van der Waals surface area (Å²) in [4.78, 5) is 23.0. The van der Waals surface area contributed by atoms with E-state index in [0.29, 0.717) is 12.1 Å². The highest BCUT2D eigenvalue weighted by Crippen LogP contribution is 2.30. The number of hydrogen-bond donors (Lipinski definition) is 1. The molecular weight excluding hydrogens is 202 g/mol. The van der Waals surface area contributed by atoms with E-state index in [9.17, 15) is 9.59 Å². The second kappa shape index (κ2) is 4.08. The van der Waals surface area contributed by atoms with Crippen molar-refractivity contribution in [2.24, 2.45) is 0 Å². The number of ketones is 1. The number of fused-ring (bicyclic) bond motifs is 1. The fourth-order valence-electron chi connectivity index (χ4n) is 2.24. The Bertz CT molecular complexity index is 463. The number of amides is 1. The van der Waals surface area contributed by atoms with E-state index in [0.717, 1.165) is 29.5 Å². The first-order valence-corrected chi connectivity index (χ1v) is 5.53. The second-order valence-corrected chi connectivity index (χ2v) is 4.24. The Balaban J connectivity index is 2.55. The van der Waals surface area contributed by atoms with E-state index in [-0.39, 0.29) is 11.7 Å². The predicted octanol–water partition coefficient (Wildman–Crippen LogP) is 2.47. The fourth-order valence-corrected chi connectivity index (χ4v) is 2.24. The summed E-state index contributed by atoms with van der Waals surface area (Å²) in [6, 6.07) is 3.78. The number of benzene rings is 1. The van der Waals surface area contributed by atoms with Crippen molar-refractivity contribution in [1.82, 2.24) is 0 Å². The van der Waals surface area contributed by atoms with Gasteiger partial charge < -0.3 is 5.32 Å². The number of carbonyl (C=O) groups is 2. The van der Waals surface area contributed by atoms with E-state index in [1.54, 1.807) is 0 Å². The van der Waals surface area contributed by atoms with Gasteiger partial charge in [0.2, 0.25) is 5.91 Å². The van der Waals surface area contributed by atoms with Gasteiger partial charge in [0.1, 0.15) is 0 Å². The topological polar surface area (TPSA) is 46.2 Å². The molecule has 0 saturated carbocycles. The first-order chi connectivity index (χ1) is 7.59. The summed E-state index contributed by atoms with van der Waals surface area (Å²) in [6.07, 6.45) is 2.43. The number of anilines is 1. The molecule has 16 heavy (non-hydrogen) atoms. The Labute approximate surface area is 94.9 Å². The van der Waals surface area contributed by atoms with Crippen LogP contribution in [0.15, 0.2) is 12.1 Å². The van der Waals surface area contributed by atoms with Gasteiger partial charge in [-0.1, -0.05) is 6.07 Å². The molecule has 1 amide bonds. The summed E-state index contributed by atoms with van der Waals surface area (Å²) < 4.78 is 0. The third kappa shape index (κ3) is 1.85. The summed E-state index contributed by atoms with van der Waals surface area (Å²) in [7, 11) is 0. The van der Waals surface area contributed by atoms with Gasteiger partial charge in [0, 0.05) is 18.9 Å². The molecule has 3 nitrogen and oxygen atoms in total. The van der Waals surface area contributed by atoms with Crippen LogP contribution in [-0.4, -0.2) is 11.7 Å². The second-order valence-electron chi connectivity index (χ2n) is 4.24. The van der Waals surface area contributed by atoms with Gasteiger partial charge in [0.25, 0.3) is 0 Å². The first-order valence-electron chi connectivity index (χ1n) is 5.53. The highest BCUT2D eigenvalue weighted by molar-refractivity contribution is 6.06. The van der Waals surface area contributed by atoms with Crippen LogP contribution in [0, 0.1) is 6.92 Å². The van der Waals surface area contributed by atoms with Gasteiger partial charge in [-0.15, -0.1) is 0 Å². The zero-order valence-corrected chi connectivity index (χ0v) is 9.59. The van der Waals surface area contributed by atoms with Crippen LogP contribution in [0.2, 0.25) is 0 Å². The van der Waals surface area contributed by atoms with Crippen molar-refractivity contribution < 1.29 is 9.59 Å².